The lowest BCUT2D eigenvalue weighted by Crippen LogP contribution is -2.82. The predicted molar refractivity (Wildman–Crippen MR) is 78.6 cm³/mol. The van der Waals surface area contributed by atoms with Gasteiger partial charge in [0.25, 0.3) is 0 Å². The average Bonchev–Trinajstić information content (AvgIpc) is 2.99. The first kappa shape index (κ1) is 14.6. The lowest BCUT2D eigenvalue weighted by Gasteiger charge is -2.65. The van der Waals surface area contributed by atoms with Crippen molar-refractivity contribution in [3.05, 3.63) is 24.2 Å². The van der Waals surface area contributed by atoms with Crippen LogP contribution < -0.4 is 11.1 Å². The lowest BCUT2D eigenvalue weighted by molar-refractivity contribution is -0.225. The highest BCUT2D eigenvalue weighted by Gasteiger charge is 2.70. The second-order valence-electron chi connectivity index (χ2n) is 6.72. The Kier molecular flexibility index (Phi) is 3.58. The van der Waals surface area contributed by atoms with E-state index < -0.39 is 5.54 Å². The molecule has 2 fully saturated rings. The Balaban J connectivity index is 1.62. The fourth-order valence-electron chi connectivity index (χ4n) is 3.94. The SMILES string of the molecule is CC1(C)C2OCCCC2C1(N)C(=O)NCCc1ccco1. The van der Waals surface area contributed by atoms with Crippen LogP contribution in [0.2, 0.25) is 0 Å². The van der Waals surface area contributed by atoms with Crippen LogP contribution in [0.25, 0.3) is 0 Å². The van der Waals surface area contributed by atoms with Gasteiger partial charge in [0.15, 0.2) is 0 Å². The van der Waals surface area contributed by atoms with Crippen molar-refractivity contribution in [1.82, 2.24) is 5.32 Å². The number of carbonyl (C=O) groups excluding carboxylic acids is 1. The van der Waals surface area contributed by atoms with Crippen LogP contribution in [0.5, 0.6) is 0 Å². The van der Waals surface area contributed by atoms with Crippen LogP contribution >= 0.6 is 0 Å². The zero-order valence-corrected chi connectivity index (χ0v) is 12.7. The Morgan fingerprint density at radius 1 is 1.52 bits per heavy atom. The summed E-state index contributed by atoms with van der Waals surface area (Å²) in [6.07, 6.45) is 4.37. The first-order valence-electron chi connectivity index (χ1n) is 7.69. The van der Waals surface area contributed by atoms with Crippen LogP contribution in [-0.4, -0.2) is 30.7 Å². The van der Waals surface area contributed by atoms with Gasteiger partial charge in [-0.1, -0.05) is 13.8 Å². The van der Waals surface area contributed by atoms with Crippen LogP contribution in [0.4, 0.5) is 0 Å². The van der Waals surface area contributed by atoms with E-state index >= 15 is 0 Å². The molecule has 5 heteroatoms. The number of ether oxygens (including phenoxy) is 1. The maximum absolute atomic E-state index is 12.6. The Bertz CT molecular complexity index is 512. The molecule has 1 saturated heterocycles. The van der Waals surface area contributed by atoms with Gasteiger partial charge in [0, 0.05) is 30.9 Å². The predicted octanol–water partition coefficient (Wildman–Crippen LogP) is 1.47. The smallest absolute Gasteiger partial charge is 0.241 e. The summed E-state index contributed by atoms with van der Waals surface area (Å²) in [5.74, 6) is 0.934. The first-order valence-corrected chi connectivity index (χ1v) is 7.69. The number of carbonyl (C=O) groups is 1. The molecular formula is C16H24N2O3. The highest BCUT2D eigenvalue weighted by Crippen LogP contribution is 2.57. The van der Waals surface area contributed by atoms with Crippen molar-refractivity contribution in [1.29, 1.82) is 0 Å². The second-order valence-corrected chi connectivity index (χ2v) is 6.72. The summed E-state index contributed by atoms with van der Waals surface area (Å²) in [4.78, 5) is 12.6. The summed E-state index contributed by atoms with van der Waals surface area (Å²) in [5, 5.41) is 2.97. The number of nitrogens with two attached hydrogens (primary N) is 1. The van der Waals surface area contributed by atoms with E-state index in [-0.39, 0.29) is 23.3 Å². The number of nitrogens with one attached hydrogen (secondary N) is 1. The first-order chi connectivity index (χ1) is 9.98. The Morgan fingerprint density at radius 3 is 3.05 bits per heavy atom. The summed E-state index contributed by atoms with van der Waals surface area (Å²) in [5.41, 5.74) is 5.36. The third kappa shape index (κ3) is 2.10. The van der Waals surface area contributed by atoms with Crippen LogP contribution in [0.1, 0.15) is 32.4 Å². The van der Waals surface area contributed by atoms with E-state index in [0.717, 1.165) is 25.2 Å². The molecule has 3 N–H and O–H groups in total. The molecule has 0 radical (unpaired) electrons. The van der Waals surface area contributed by atoms with Gasteiger partial charge in [0.2, 0.25) is 5.91 Å². The molecule has 1 aliphatic heterocycles. The van der Waals surface area contributed by atoms with Crippen LogP contribution in [0.15, 0.2) is 22.8 Å². The Labute approximate surface area is 125 Å². The van der Waals surface area contributed by atoms with Crippen molar-refractivity contribution in [3.8, 4) is 0 Å². The molecule has 2 heterocycles. The molecule has 3 rings (SSSR count). The summed E-state index contributed by atoms with van der Waals surface area (Å²) in [7, 11) is 0. The van der Waals surface area contributed by atoms with Gasteiger partial charge in [-0.3, -0.25) is 4.79 Å². The number of hydrogen-bond donors (Lipinski definition) is 2. The van der Waals surface area contributed by atoms with Gasteiger partial charge in [-0.25, -0.2) is 0 Å². The van der Waals surface area contributed by atoms with E-state index in [1.54, 1.807) is 6.26 Å². The number of fused-ring (bicyclic) bond motifs is 1. The maximum Gasteiger partial charge on any atom is 0.241 e. The van der Waals surface area contributed by atoms with Crippen molar-refractivity contribution in [2.45, 2.75) is 44.8 Å². The van der Waals surface area contributed by atoms with Gasteiger partial charge in [-0.15, -0.1) is 0 Å². The number of furan rings is 1. The molecule has 1 saturated carbocycles. The molecule has 21 heavy (non-hydrogen) atoms. The largest absolute Gasteiger partial charge is 0.469 e. The monoisotopic (exact) mass is 292 g/mol. The molecule has 1 aliphatic carbocycles. The van der Waals surface area contributed by atoms with E-state index in [9.17, 15) is 4.79 Å². The molecule has 1 amide bonds. The van der Waals surface area contributed by atoms with Gasteiger partial charge in [0.1, 0.15) is 11.3 Å². The Hall–Kier alpha value is -1.33. The number of hydrogen-bond acceptors (Lipinski definition) is 4. The van der Waals surface area contributed by atoms with Crippen LogP contribution in [0, 0.1) is 11.3 Å². The normalized spacial score (nSPS) is 33.9. The van der Waals surface area contributed by atoms with Gasteiger partial charge in [-0.2, -0.15) is 0 Å². The molecule has 3 atom stereocenters. The van der Waals surface area contributed by atoms with E-state index in [0.29, 0.717) is 13.0 Å². The second kappa shape index (κ2) is 5.14. The van der Waals surface area contributed by atoms with Gasteiger partial charge in [0.05, 0.1) is 12.4 Å². The zero-order chi connectivity index (χ0) is 15.1. The van der Waals surface area contributed by atoms with Crippen LogP contribution in [0.3, 0.4) is 0 Å². The molecular weight excluding hydrogens is 268 g/mol. The zero-order valence-electron chi connectivity index (χ0n) is 12.7. The van der Waals surface area contributed by atoms with E-state index in [1.807, 2.05) is 26.0 Å². The van der Waals surface area contributed by atoms with Crippen LogP contribution in [-0.2, 0) is 16.0 Å². The minimum atomic E-state index is -0.832. The third-order valence-corrected chi connectivity index (χ3v) is 5.30. The Morgan fingerprint density at radius 2 is 2.33 bits per heavy atom. The molecule has 0 aromatic carbocycles. The van der Waals surface area contributed by atoms with Gasteiger partial charge >= 0.3 is 0 Å². The van der Waals surface area contributed by atoms with Crippen molar-refractivity contribution in [3.63, 3.8) is 0 Å². The summed E-state index contributed by atoms with van der Waals surface area (Å²) in [6, 6.07) is 3.75. The van der Waals surface area contributed by atoms with Crippen molar-refractivity contribution in [2.75, 3.05) is 13.2 Å². The maximum atomic E-state index is 12.6. The molecule has 1 aromatic rings. The average molecular weight is 292 g/mol. The van der Waals surface area contributed by atoms with Crippen molar-refractivity contribution >= 4 is 5.91 Å². The summed E-state index contributed by atoms with van der Waals surface area (Å²) in [6.45, 7) is 5.39. The molecule has 3 unspecified atom stereocenters. The minimum absolute atomic E-state index is 0.0641. The standard InChI is InChI=1S/C16H24N2O3/c1-15(2)13-12(6-4-10-21-13)16(15,17)14(19)18-8-7-11-5-3-9-20-11/h3,5,9,12-13H,4,6-8,10,17H2,1-2H3,(H,18,19). The van der Waals surface area contributed by atoms with Crippen molar-refractivity contribution in [2.24, 2.45) is 17.1 Å². The fourth-order valence-corrected chi connectivity index (χ4v) is 3.94. The highest BCUT2D eigenvalue weighted by molar-refractivity contribution is 5.89. The summed E-state index contributed by atoms with van der Waals surface area (Å²) >= 11 is 0. The molecule has 2 aliphatic rings. The number of rotatable bonds is 4. The topological polar surface area (TPSA) is 77.5 Å². The third-order valence-electron chi connectivity index (χ3n) is 5.30. The van der Waals surface area contributed by atoms with Gasteiger partial charge in [-0.05, 0) is 25.0 Å². The van der Waals surface area contributed by atoms with Crippen molar-refractivity contribution < 1.29 is 13.9 Å². The van der Waals surface area contributed by atoms with E-state index in [1.165, 1.54) is 0 Å². The molecule has 116 valence electrons. The molecule has 0 bridgehead atoms. The fraction of sp³-hybridized carbons (Fsp3) is 0.688. The lowest BCUT2D eigenvalue weighted by atomic mass is 9.46. The quantitative estimate of drug-likeness (QED) is 0.881. The number of amides is 1. The molecule has 0 spiro atoms. The van der Waals surface area contributed by atoms with E-state index in [2.05, 4.69) is 5.32 Å². The minimum Gasteiger partial charge on any atom is -0.469 e. The van der Waals surface area contributed by atoms with E-state index in [4.69, 9.17) is 14.9 Å². The highest BCUT2D eigenvalue weighted by atomic mass is 16.5. The molecule has 1 aromatic heterocycles. The molecule has 5 nitrogen and oxygen atoms in total. The van der Waals surface area contributed by atoms with Gasteiger partial charge < -0.3 is 20.2 Å². The summed E-state index contributed by atoms with van der Waals surface area (Å²) < 4.78 is 11.1.